The molecule has 234 valence electrons. The molecule has 1 aliphatic heterocycles. The van der Waals surface area contributed by atoms with Crippen molar-refractivity contribution in [2.24, 2.45) is 24.3 Å². The number of anilines is 1. The lowest BCUT2D eigenvalue weighted by Crippen LogP contribution is -2.41. The van der Waals surface area contributed by atoms with Crippen LogP contribution in [0.2, 0.25) is 0 Å². The average molecular weight is 624 g/mol. The van der Waals surface area contributed by atoms with Crippen LogP contribution in [0.4, 0.5) is 19.0 Å². The summed E-state index contributed by atoms with van der Waals surface area (Å²) < 4.78 is 76.5. The van der Waals surface area contributed by atoms with Crippen molar-refractivity contribution in [3.8, 4) is 11.7 Å². The summed E-state index contributed by atoms with van der Waals surface area (Å²) in [6.45, 7) is 9.93. The third-order valence-corrected chi connectivity index (χ3v) is 9.88. The highest BCUT2D eigenvalue weighted by molar-refractivity contribution is 7.90. The molecule has 4 heterocycles. The molecule has 11 nitrogen and oxygen atoms in total. The number of carbonyl (C=O) groups is 1. The van der Waals surface area contributed by atoms with Crippen LogP contribution in [0, 0.1) is 24.2 Å². The molecule has 3 aromatic heterocycles. The maximum Gasteiger partial charge on any atom is 0.397 e. The van der Waals surface area contributed by atoms with Gasteiger partial charge in [-0.1, -0.05) is 13.8 Å². The minimum Gasteiger partial charge on any atom is -0.476 e. The maximum atomic E-state index is 13.6. The zero-order valence-corrected chi connectivity index (χ0v) is 25.8. The lowest BCUT2D eigenvalue weighted by molar-refractivity contribution is -0.194. The monoisotopic (exact) mass is 623 g/mol. The number of aromatic nitrogens is 5. The van der Waals surface area contributed by atoms with Gasteiger partial charge in [-0.15, -0.1) is 5.10 Å². The van der Waals surface area contributed by atoms with Crippen LogP contribution in [0.3, 0.4) is 0 Å². The molecule has 0 bridgehead atoms. The Morgan fingerprint density at radius 3 is 2.44 bits per heavy atom. The van der Waals surface area contributed by atoms with E-state index in [9.17, 15) is 26.4 Å². The zero-order valence-electron chi connectivity index (χ0n) is 24.9. The number of nitrogens with zero attached hydrogens (tertiary/aromatic N) is 6. The Hall–Kier alpha value is -3.62. The number of amides is 1. The van der Waals surface area contributed by atoms with E-state index >= 15 is 0 Å². The van der Waals surface area contributed by atoms with Crippen molar-refractivity contribution in [3.63, 3.8) is 0 Å². The van der Waals surface area contributed by atoms with Gasteiger partial charge in [-0.3, -0.25) is 9.48 Å². The number of nitrogens with one attached hydrogen (secondary N) is 1. The van der Waals surface area contributed by atoms with E-state index in [4.69, 9.17) is 9.72 Å². The quantitative estimate of drug-likeness (QED) is 0.372. The van der Waals surface area contributed by atoms with Gasteiger partial charge in [-0.2, -0.15) is 18.3 Å². The van der Waals surface area contributed by atoms with Gasteiger partial charge in [0.15, 0.2) is 5.82 Å². The molecule has 5 rings (SSSR count). The molecule has 1 saturated heterocycles. The molecular weight excluding hydrogens is 587 g/mol. The van der Waals surface area contributed by atoms with Crippen molar-refractivity contribution in [1.82, 2.24) is 29.3 Å². The first-order valence-electron chi connectivity index (χ1n) is 14.0. The lowest BCUT2D eigenvalue weighted by atomic mass is 9.89. The molecular formula is C28H36F3N7O4S. The summed E-state index contributed by atoms with van der Waals surface area (Å²) in [5.41, 5.74) is -1.95. The first-order valence-corrected chi connectivity index (χ1v) is 15.5. The molecule has 0 radical (unpaired) electrons. The van der Waals surface area contributed by atoms with Crippen LogP contribution >= 0.6 is 0 Å². The molecule has 1 unspecified atom stereocenters. The Kier molecular flexibility index (Phi) is 7.55. The van der Waals surface area contributed by atoms with E-state index in [1.165, 1.54) is 46.9 Å². The van der Waals surface area contributed by atoms with Gasteiger partial charge in [-0.05, 0) is 64.0 Å². The molecule has 1 aliphatic carbocycles. The van der Waals surface area contributed by atoms with E-state index in [1.54, 1.807) is 7.05 Å². The van der Waals surface area contributed by atoms with Crippen molar-refractivity contribution in [2.75, 3.05) is 18.1 Å². The molecule has 1 amide bonds. The lowest BCUT2D eigenvalue weighted by Gasteiger charge is -2.34. The maximum absolute atomic E-state index is 13.6. The molecule has 1 saturated carbocycles. The Balaban J connectivity index is 1.47. The second kappa shape index (κ2) is 10.5. The van der Waals surface area contributed by atoms with E-state index in [0.717, 1.165) is 6.42 Å². The number of hydrogen-bond donors (Lipinski definition) is 1. The second-order valence-corrected chi connectivity index (χ2v) is 14.2. The van der Waals surface area contributed by atoms with E-state index in [1.807, 2.05) is 18.7 Å². The number of alkyl halides is 3. The van der Waals surface area contributed by atoms with Crippen molar-refractivity contribution in [1.29, 1.82) is 0 Å². The normalized spacial score (nSPS) is 19.6. The van der Waals surface area contributed by atoms with Gasteiger partial charge < -0.3 is 9.64 Å². The molecule has 3 aromatic rings. The first-order chi connectivity index (χ1) is 19.9. The smallest absolute Gasteiger partial charge is 0.397 e. The summed E-state index contributed by atoms with van der Waals surface area (Å²) in [4.78, 5) is 20.2. The number of halogens is 3. The van der Waals surface area contributed by atoms with Gasteiger partial charge in [0.25, 0.3) is 15.9 Å². The second-order valence-electron chi connectivity index (χ2n) is 12.5. The predicted octanol–water partition coefficient (Wildman–Crippen LogP) is 4.41. The van der Waals surface area contributed by atoms with E-state index in [-0.39, 0.29) is 46.5 Å². The largest absolute Gasteiger partial charge is 0.476 e. The highest BCUT2D eigenvalue weighted by atomic mass is 32.2. The molecule has 2 aliphatic rings. The van der Waals surface area contributed by atoms with E-state index in [0.29, 0.717) is 18.4 Å². The minimum absolute atomic E-state index is 0.0139. The van der Waals surface area contributed by atoms with Crippen LogP contribution in [0.5, 0.6) is 5.88 Å². The first kappa shape index (κ1) is 30.8. The molecule has 0 aromatic carbocycles. The van der Waals surface area contributed by atoms with E-state index < -0.39 is 39.7 Å². The topological polar surface area (TPSA) is 124 Å². The summed E-state index contributed by atoms with van der Waals surface area (Å²) >= 11 is 0. The highest BCUT2D eigenvalue weighted by Gasteiger charge is 2.64. The number of hydrogen-bond acceptors (Lipinski definition) is 8. The van der Waals surface area contributed by atoms with Crippen LogP contribution in [-0.2, 0) is 17.1 Å². The van der Waals surface area contributed by atoms with Crippen LogP contribution in [0.25, 0.3) is 5.82 Å². The van der Waals surface area contributed by atoms with Gasteiger partial charge in [0.1, 0.15) is 22.7 Å². The summed E-state index contributed by atoms with van der Waals surface area (Å²) in [7, 11) is -2.65. The summed E-state index contributed by atoms with van der Waals surface area (Å²) in [6, 6.07) is 4.42. The third-order valence-electron chi connectivity index (χ3n) is 8.45. The molecule has 1 N–H and O–H groups in total. The molecule has 0 spiro atoms. The number of pyridine rings is 1. The average Bonchev–Trinajstić information content (AvgIpc) is 3.24. The SMILES string of the molecule is Cc1nn(C)cc1S(=O)(=O)NC(=O)c1ccc(-n2ccc(OCC3(C(F)(F)F)CC3)n2)nc1N1CC(C(C)C)CC1(C)C. The Labute approximate surface area is 248 Å². The predicted molar refractivity (Wildman–Crippen MR) is 152 cm³/mol. The highest BCUT2D eigenvalue weighted by Crippen LogP contribution is 2.57. The Bertz CT molecular complexity index is 1640. The Morgan fingerprint density at radius 2 is 1.88 bits per heavy atom. The fourth-order valence-corrected chi connectivity index (χ4v) is 6.71. The third kappa shape index (κ3) is 5.95. The van der Waals surface area contributed by atoms with E-state index in [2.05, 4.69) is 28.8 Å². The van der Waals surface area contributed by atoms with Gasteiger partial charge in [-0.25, -0.2) is 22.8 Å². The number of ether oxygens (including phenoxy) is 1. The fourth-order valence-electron chi connectivity index (χ4n) is 5.52. The van der Waals surface area contributed by atoms with Crippen molar-refractivity contribution in [2.45, 2.75) is 70.5 Å². The van der Waals surface area contributed by atoms with Gasteiger partial charge in [0.05, 0.1) is 11.3 Å². The van der Waals surface area contributed by atoms with Crippen LogP contribution in [0.1, 0.15) is 63.0 Å². The van der Waals surface area contributed by atoms with Gasteiger partial charge in [0.2, 0.25) is 5.88 Å². The number of rotatable bonds is 9. The summed E-state index contributed by atoms with van der Waals surface area (Å²) in [5, 5.41) is 8.33. The molecule has 2 fully saturated rings. The van der Waals surface area contributed by atoms with Crippen molar-refractivity contribution >= 4 is 21.7 Å². The fraction of sp³-hybridized carbons (Fsp3) is 0.571. The van der Waals surface area contributed by atoms with Crippen LogP contribution < -0.4 is 14.4 Å². The molecule has 15 heteroatoms. The van der Waals surface area contributed by atoms with Gasteiger partial charge >= 0.3 is 6.18 Å². The zero-order chi connectivity index (χ0) is 31.5. The summed E-state index contributed by atoms with van der Waals surface area (Å²) in [6.07, 6.45) is -0.653. The Morgan fingerprint density at radius 1 is 1.19 bits per heavy atom. The van der Waals surface area contributed by atoms with Crippen LogP contribution in [-0.4, -0.2) is 63.7 Å². The molecule has 1 atom stereocenters. The summed E-state index contributed by atoms with van der Waals surface area (Å²) in [5.74, 6) is 0.371. The number of aryl methyl sites for hydroxylation is 2. The van der Waals surface area contributed by atoms with Gasteiger partial charge in [0, 0.05) is 37.6 Å². The number of sulfonamides is 1. The van der Waals surface area contributed by atoms with Crippen molar-refractivity contribution in [3.05, 3.63) is 41.9 Å². The standard InChI is InChI=1S/C28H36F3N7O4S/c1-17(2)19-13-26(4,5)37(14-19)24-20(25(39)35-43(40,41)21-15-36(6)33-18(21)3)7-8-22(32-24)38-12-9-23(34-38)42-16-27(10-11-27)28(29,30)31/h7-9,12,15,17,19H,10-11,13-14,16H2,1-6H3,(H,35,39). The number of carbonyl (C=O) groups excluding carboxylic acids is 1. The minimum atomic E-state index is -4.35. The molecule has 43 heavy (non-hydrogen) atoms. The van der Waals surface area contributed by atoms with Crippen molar-refractivity contribution < 1.29 is 31.1 Å². The van der Waals surface area contributed by atoms with Crippen LogP contribution in [0.15, 0.2) is 35.5 Å².